The van der Waals surface area contributed by atoms with Crippen molar-refractivity contribution in [1.29, 1.82) is 0 Å². The largest absolute Gasteiger partial charge is 0.495 e. The van der Waals surface area contributed by atoms with Gasteiger partial charge in [0.25, 0.3) is 11.8 Å². The zero-order chi connectivity index (χ0) is 25.2. The van der Waals surface area contributed by atoms with Crippen LogP contribution in [0.4, 0.5) is 11.4 Å². The molecule has 180 valence electrons. The minimum atomic E-state index is -0.322. The summed E-state index contributed by atoms with van der Waals surface area (Å²) in [5, 5.41) is 10.8. The molecule has 0 fully saturated rings. The molecule has 5 rings (SSSR count). The van der Waals surface area contributed by atoms with Crippen LogP contribution in [0.25, 0.3) is 22.5 Å². The number of carbonyl (C=O) groups is 2. The summed E-state index contributed by atoms with van der Waals surface area (Å²) in [5.41, 5.74) is 3.78. The lowest BCUT2D eigenvalue weighted by molar-refractivity contribution is 0.102. The van der Waals surface area contributed by atoms with Crippen LogP contribution in [0.3, 0.4) is 0 Å². The first kappa shape index (κ1) is 22.9. The number of ether oxygens (including phenoxy) is 1. The van der Waals surface area contributed by atoms with Gasteiger partial charge in [-0.15, -0.1) is 0 Å². The van der Waals surface area contributed by atoms with Crippen molar-refractivity contribution in [3.8, 4) is 17.2 Å². The molecule has 2 amide bonds. The quantitative estimate of drug-likeness (QED) is 0.351. The van der Waals surface area contributed by atoms with Gasteiger partial charge in [-0.3, -0.25) is 14.3 Å². The molecular formula is C27H23N5O4. The Morgan fingerprint density at radius 2 is 1.75 bits per heavy atom. The van der Waals surface area contributed by atoms with Gasteiger partial charge in [0, 0.05) is 18.3 Å². The van der Waals surface area contributed by atoms with E-state index in [2.05, 4.69) is 20.7 Å². The predicted molar refractivity (Wildman–Crippen MR) is 136 cm³/mol. The Hall–Kier alpha value is -4.92. The van der Waals surface area contributed by atoms with Gasteiger partial charge in [0.15, 0.2) is 11.4 Å². The lowest BCUT2D eigenvalue weighted by atomic mass is 10.1. The number of hydrogen-bond donors (Lipinski definition) is 2. The lowest BCUT2D eigenvalue weighted by Crippen LogP contribution is -2.15. The number of anilines is 2. The smallest absolute Gasteiger partial charge is 0.256 e. The number of nitrogens with zero attached hydrogens (tertiary/aromatic N) is 3. The second kappa shape index (κ2) is 9.38. The number of para-hydroxylation sites is 2. The van der Waals surface area contributed by atoms with E-state index in [1.54, 1.807) is 79.7 Å². The van der Waals surface area contributed by atoms with E-state index >= 15 is 0 Å². The lowest BCUT2D eigenvalue weighted by Gasteiger charge is -2.11. The van der Waals surface area contributed by atoms with Crippen molar-refractivity contribution in [2.45, 2.75) is 6.92 Å². The normalized spacial score (nSPS) is 10.9. The molecule has 0 aliphatic rings. The number of aromatic nitrogens is 3. The number of rotatable bonds is 6. The Morgan fingerprint density at radius 1 is 0.972 bits per heavy atom. The first-order valence-electron chi connectivity index (χ1n) is 11.2. The number of benzene rings is 2. The summed E-state index contributed by atoms with van der Waals surface area (Å²) in [7, 11) is 3.33. The van der Waals surface area contributed by atoms with Crippen molar-refractivity contribution in [1.82, 2.24) is 14.8 Å². The molecule has 5 aromatic rings. The first-order chi connectivity index (χ1) is 17.4. The number of aryl methyl sites for hydroxylation is 2. The van der Waals surface area contributed by atoms with Crippen LogP contribution < -0.4 is 15.4 Å². The first-order valence-corrected chi connectivity index (χ1v) is 11.2. The van der Waals surface area contributed by atoms with Gasteiger partial charge in [-0.25, -0.2) is 4.98 Å². The average molecular weight is 482 g/mol. The van der Waals surface area contributed by atoms with Gasteiger partial charge in [0.05, 0.1) is 35.7 Å². The van der Waals surface area contributed by atoms with Crippen LogP contribution in [0.15, 0.2) is 77.4 Å². The average Bonchev–Trinajstić information content (AvgIpc) is 3.52. The zero-order valence-electron chi connectivity index (χ0n) is 19.9. The summed E-state index contributed by atoms with van der Waals surface area (Å²) in [5.74, 6) is 0.507. The minimum Gasteiger partial charge on any atom is -0.495 e. The van der Waals surface area contributed by atoms with Crippen LogP contribution in [0.2, 0.25) is 0 Å². The molecule has 0 atom stereocenters. The molecule has 0 saturated heterocycles. The van der Waals surface area contributed by atoms with E-state index in [1.807, 2.05) is 19.1 Å². The fourth-order valence-corrected chi connectivity index (χ4v) is 4.02. The fourth-order valence-electron chi connectivity index (χ4n) is 4.02. The Morgan fingerprint density at radius 3 is 2.47 bits per heavy atom. The number of hydrogen-bond acceptors (Lipinski definition) is 6. The minimum absolute atomic E-state index is 0.290. The van der Waals surface area contributed by atoms with Crippen LogP contribution in [0.5, 0.6) is 5.75 Å². The van der Waals surface area contributed by atoms with E-state index in [9.17, 15) is 9.59 Å². The number of methoxy groups -OCH3 is 1. The molecule has 2 N–H and O–H groups in total. The molecule has 3 aromatic heterocycles. The number of carbonyl (C=O) groups excluding carboxylic acids is 2. The van der Waals surface area contributed by atoms with Crippen LogP contribution in [0, 0.1) is 6.92 Å². The number of fused-ring (bicyclic) bond motifs is 1. The maximum absolute atomic E-state index is 13.3. The summed E-state index contributed by atoms with van der Waals surface area (Å²) < 4.78 is 12.4. The van der Waals surface area contributed by atoms with E-state index in [4.69, 9.17) is 9.15 Å². The maximum Gasteiger partial charge on any atom is 0.256 e. The molecule has 0 bridgehead atoms. The molecule has 3 heterocycles. The molecule has 0 spiro atoms. The van der Waals surface area contributed by atoms with Gasteiger partial charge in [0.2, 0.25) is 0 Å². The monoisotopic (exact) mass is 481 g/mol. The highest BCUT2D eigenvalue weighted by Gasteiger charge is 2.20. The van der Waals surface area contributed by atoms with Gasteiger partial charge < -0.3 is 19.8 Å². The van der Waals surface area contributed by atoms with Crippen LogP contribution in [0.1, 0.15) is 26.4 Å². The standard InChI is InChI=1S/C27H23N5O4/c1-16-24-19(15-21(23-9-6-14-36-23)29-25(24)32(2)31-16)27(34)28-18-12-10-17(11-13-18)26(33)30-20-7-4-5-8-22(20)35-3/h4-15H,1-3H3,(H,28,34)(H,30,33). The number of amides is 2. The predicted octanol–water partition coefficient (Wildman–Crippen LogP) is 5.05. The molecule has 0 aliphatic carbocycles. The summed E-state index contributed by atoms with van der Waals surface area (Å²) in [4.78, 5) is 30.7. The summed E-state index contributed by atoms with van der Waals surface area (Å²) in [6.07, 6.45) is 1.56. The van der Waals surface area contributed by atoms with Crippen LogP contribution >= 0.6 is 0 Å². The fraction of sp³-hybridized carbons (Fsp3) is 0.111. The maximum atomic E-state index is 13.3. The highest BCUT2D eigenvalue weighted by atomic mass is 16.5. The summed E-state index contributed by atoms with van der Waals surface area (Å²) in [6, 6.07) is 19.1. The second-order valence-corrected chi connectivity index (χ2v) is 8.13. The summed E-state index contributed by atoms with van der Waals surface area (Å²) >= 11 is 0. The Balaban J connectivity index is 1.39. The Labute approximate surface area is 206 Å². The molecule has 9 nitrogen and oxygen atoms in total. The third kappa shape index (κ3) is 4.29. The van der Waals surface area contributed by atoms with Crippen molar-refractivity contribution in [2.75, 3.05) is 17.7 Å². The molecule has 36 heavy (non-hydrogen) atoms. The third-order valence-electron chi connectivity index (χ3n) is 5.75. The van der Waals surface area contributed by atoms with Gasteiger partial charge >= 0.3 is 0 Å². The van der Waals surface area contributed by atoms with E-state index in [0.29, 0.717) is 56.4 Å². The third-order valence-corrected chi connectivity index (χ3v) is 5.75. The molecule has 0 saturated carbocycles. The van der Waals surface area contributed by atoms with Crippen LogP contribution in [-0.4, -0.2) is 33.7 Å². The second-order valence-electron chi connectivity index (χ2n) is 8.13. The van der Waals surface area contributed by atoms with Crippen molar-refractivity contribution >= 4 is 34.2 Å². The number of furan rings is 1. The van der Waals surface area contributed by atoms with E-state index in [1.165, 1.54) is 0 Å². The van der Waals surface area contributed by atoms with E-state index in [0.717, 1.165) is 0 Å². The van der Waals surface area contributed by atoms with Crippen molar-refractivity contribution in [3.05, 3.63) is 89.8 Å². The molecule has 0 aliphatic heterocycles. The number of nitrogens with one attached hydrogen (secondary N) is 2. The van der Waals surface area contributed by atoms with Crippen molar-refractivity contribution in [3.63, 3.8) is 0 Å². The highest BCUT2D eigenvalue weighted by Crippen LogP contribution is 2.28. The van der Waals surface area contributed by atoms with Gasteiger partial charge in [-0.05, 0) is 61.5 Å². The Bertz CT molecular complexity index is 1570. The van der Waals surface area contributed by atoms with E-state index in [-0.39, 0.29) is 11.8 Å². The summed E-state index contributed by atoms with van der Waals surface area (Å²) in [6.45, 7) is 1.84. The molecule has 9 heteroatoms. The molecule has 0 radical (unpaired) electrons. The molecule has 2 aromatic carbocycles. The number of pyridine rings is 1. The highest BCUT2D eigenvalue weighted by molar-refractivity contribution is 6.13. The van der Waals surface area contributed by atoms with Gasteiger partial charge in [-0.2, -0.15) is 5.10 Å². The Kier molecular flexibility index (Phi) is 5.95. The van der Waals surface area contributed by atoms with Gasteiger partial charge in [-0.1, -0.05) is 12.1 Å². The molecule has 0 unspecified atom stereocenters. The van der Waals surface area contributed by atoms with Crippen molar-refractivity contribution in [2.24, 2.45) is 7.05 Å². The van der Waals surface area contributed by atoms with Crippen molar-refractivity contribution < 1.29 is 18.7 Å². The molecular weight excluding hydrogens is 458 g/mol. The van der Waals surface area contributed by atoms with E-state index < -0.39 is 0 Å². The SMILES string of the molecule is COc1ccccc1NC(=O)c1ccc(NC(=O)c2cc(-c3ccco3)nc3c2c(C)nn3C)cc1. The van der Waals surface area contributed by atoms with Crippen LogP contribution in [-0.2, 0) is 7.05 Å². The van der Waals surface area contributed by atoms with Gasteiger partial charge in [0.1, 0.15) is 11.4 Å². The topological polar surface area (TPSA) is 111 Å². The zero-order valence-corrected chi connectivity index (χ0v) is 19.9.